The third-order valence-corrected chi connectivity index (χ3v) is 6.55. The SMILES string of the molecule is CN(C)c1nc(=O)n(-c2cccc(C(=O)Nc3c(F)cccc3F)c2)c2nc(C3CC3)sc12. The van der Waals surface area contributed by atoms with E-state index in [-0.39, 0.29) is 5.56 Å². The molecule has 1 aliphatic carbocycles. The van der Waals surface area contributed by atoms with Crippen LogP contribution >= 0.6 is 11.3 Å². The van der Waals surface area contributed by atoms with E-state index < -0.39 is 28.9 Å². The lowest BCUT2D eigenvalue weighted by molar-refractivity contribution is 0.102. The van der Waals surface area contributed by atoms with Crippen LogP contribution in [-0.2, 0) is 0 Å². The molecule has 2 aromatic heterocycles. The highest BCUT2D eigenvalue weighted by atomic mass is 32.1. The number of para-hydroxylation sites is 1. The molecule has 7 nitrogen and oxygen atoms in total. The van der Waals surface area contributed by atoms with Crippen molar-refractivity contribution >= 4 is 39.1 Å². The van der Waals surface area contributed by atoms with Gasteiger partial charge in [0.2, 0.25) is 0 Å². The summed E-state index contributed by atoms with van der Waals surface area (Å²) in [5.41, 5.74) is -0.0699. The Labute approximate surface area is 191 Å². The van der Waals surface area contributed by atoms with E-state index in [0.717, 1.165) is 34.7 Å². The van der Waals surface area contributed by atoms with Gasteiger partial charge in [-0.1, -0.05) is 12.1 Å². The van der Waals surface area contributed by atoms with Gasteiger partial charge in [-0.15, -0.1) is 11.3 Å². The predicted octanol–water partition coefficient (Wildman–Crippen LogP) is 4.32. The fraction of sp³-hybridized carbons (Fsp3) is 0.217. The van der Waals surface area contributed by atoms with E-state index in [9.17, 15) is 18.4 Å². The molecule has 1 amide bonds. The van der Waals surface area contributed by atoms with Gasteiger partial charge in [-0.25, -0.2) is 23.1 Å². The summed E-state index contributed by atoms with van der Waals surface area (Å²) in [5.74, 6) is -1.53. The zero-order chi connectivity index (χ0) is 23.3. The van der Waals surface area contributed by atoms with Gasteiger partial charge in [0.25, 0.3) is 5.91 Å². The van der Waals surface area contributed by atoms with E-state index in [1.165, 1.54) is 34.1 Å². The molecular weight excluding hydrogens is 448 g/mol. The first kappa shape index (κ1) is 21.2. The largest absolute Gasteiger partial charge is 0.361 e. The minimum atomic E-state index is -0.879. The number of carbonyl (C=O) groups is 1. The smallest absolute Gasteiger partial charge is 0.355 e. The zero-order valence-electron chi connectivity index (χ0n) is 17.8. The van der Waals surface area contributed by atoms with Gasteiger partial charge >= 0.3 is 5.69 Å². The molecule has 1 fully saturated rings. The van der Waals surface area contributed by atoms with Crippen molar-refractivity contribution in [1.82, 2.24) is 14.5 Å². The minimum Gasteiger partial charge on any atom is -0.361 e. The Bertz CT molecular complexity index is 1440. The second-order valence-corrected chi connectivity index (χ2v) is 9.06. The van der Waals surface area contributed by atoms with Crippen LogP contribution in [-0.4, -0.2) is 34.5 Å². The monoisotopic (exact) mass is 467 g/mol. The summed E-state index contributed by atoms with van der Waals surface area (Å²) in [7, 11) is 3.63. The maximum Gasteiger partial charge on any atom is 0.355 e. The molecule has 2 heterocycles. The molecule has 0 saturated heterocycles. The molecule has 5 rings (SSSR count). The van der Waals surface area contributed by atoms with E-state index >= 15 is 0 Å². The molecule has 0 spiro atoms. The van der Waals surface area contributed by atoms with Crippen molar-refractivity contribution in [3.05, 3.63) is 75.2 Å². The second kappa shape index (κ2) is 8.04. The van der Waals surface area contributed by atoms with Crippen molar-refractivity contribution in [2.75, 3.05) is 24.3 Å². The number of thiazole rings is 1. The molecule has 0 unspecified atom stereocenters. The lowest BCUT2D eigenvalue weighted by Crippen LogP contribution is -2.26. The van der Waals surface area contributed by atoms with Gasteiger partial charge in [-0.2, -0.15) is 4.98 Å². The van der Waals surface area contributed by atoms with Crippen LogP contribution in [0.1, 0.15) is 34.1 Å². The second-order valence-electron chi connectivity index (χ2n) is 8.03. The number of nitrogens with one attached hydrogen (secondary N) is 1. The Morgan fingerprint density at radius 1 is 1.12 bits per heavy atom. The molecule has 1 saturated carbocycles. The normalized spacial score (nSPS) is 13.3. The van der Waals surface area contributed by atoms with Crippen LogP contribution in [0.25, 0.3) is 16.0 Å². The maximum atomic E-state index is 14.0. The Balaban J connectivity index is 1.59. The number of halogens is 2. The van der Waals surface area contributed by atoms with Crippen molar-refractivity contribution in [2.24, 2.45) is 0 Å². The molecule has 0 radical (unpaired) electrons. The topological polar surface area (TPSA) is 80.1 Å². The van der Waals surface area contributed by atoms with Crippen LogP contribution in [0.5, 0.6) is 0 Å². The third-order valence-electron chi connectivity index (χ3n) is 5.35. The number of nitrogens with zero attached hydrogens (tertiary/aromatic N) is 4. The number of aromatic nitrogens is 3. The summed E-state index contributed by atoms with van der Waals surface area (Å²) in [6.07, 6.45) is 2.13. The average molecular weight is 468 g/mol. The first-order valence-corrected chi connectivity index (χ1v) is 11.1. The van der Waals surface area contributed by atoms with Gasteiger partial charge < -0.3 is 10.2 Å². The quantitative estimate of drug-likeness (QED) is 0.473. The number of hydrogen-bond donors (Lipinski definition) is 1. The highest BCUT2D eigenvalue weighted by molar-refractivity contribution is 7.19. The van der Waals surface area contributed by atoms with Crippen LogP contribution in [0.3, 0.4) is 0 Å². The van der Waals surface area contributed by atoms with Gasteiger partial charge in [0.15, 0.2) is 11.5 Å². The van der Waals surface area contributed by atoms with Crippen molar-refractivity contribution in [2.45, 2.75) is 18.8 Å². The molecule has 1 aliphatic rings. The number of anilines is 2. The lowest BCUT2D eigenvalue weighted by Gasteiger charge is -2.14. The van der Waals surface area contributed by atoms with Crippen LogP contribution in [0, 0.1) is 11.6 Å². The van der Waals surface area contributed by atoms with E-state index in [0.29, 0.717) is 23.1 Å². The van der Waals surface area contributed by atoms with Crippen molar-refractivity contribution in [3.8, 4) is 5.69 Å². The average Bonchev–Trinajstić information content (AvgIpc) is 3.54. The minimum absolute atomic E-state index is 0.129. The van der Waals surface area contributed by atoms with E-state index in [1.54, 1.807) is 17.0 Å². The summed E-state index contributed by atoms with van der Waals surface area (Å²) in [5, 5.41) is 3.22. The number of amides is 1. The fourth-order valence-electron chi connectivity index (χ4n) is 3.54. The first-order chi connectivity index (χ1) is 15.8. The fourth-order valence-corrected chi connectivity index (χ4v) is 4.83. The summed E-state index contributed by atoms with van der Waals surface area (Å²) in [6.45, 7) is 0. The highest BCUT2D eigenvalue weighted by Crippen LogP contribution is 2.44. The van der Waals surface area contributed by atoms with Gasteiger partial charge in [0.1, 0.15) is 22.0 Å². The molecule has 4 aromatic rings. The van der Waals surface area contributed by atoms with Gasteiger partial charge in [-0.05, 0) is 43.2 Å². The summed E-state index contributed by atoms with van der Waals surface area (Å²) < 4.78 is 30.1. The molecule has 168 valence electrons. The number of fused-ring (bicyclic) bond motifs is 1. The predicted molar refractivity (Wildman–Crippen MR) is 124 cm³/mol. The molecule has 10 heteroatoms. The lowest BCUT2D eigenvalue weighted by atomic mass is 10.1. The molecule has 2 aromatic carbocycles. The van der Waals surface area contributed by atoms with Crippen molar-refractivity contribution < 1.29 is 13.6 Å². The number of rotatable bonds is 5. The molecule has 33 heavy (non-hydrogen) atoms. The van der Waals surface area contributed by atoms with E-state index in [1.807, 2.05) is 14.1 Å². The number of carbonyl (C=O) groups excluding carboxylic acids is 1. The third kappa shape index (κ3) is 3.86. The summed E-state index contributed by atoms with van der Waals surface area (Å²) in [4.78, 5) is 36.5. The number of benzene rings is 2. The van der Waals surface area contributed by atoms with Crippen LogP contribution in [0.2, 0.25) is 0 Å². The van der Waals surface area contributed by atoms with E-state index in [2.05, 4.69) is 10.3 Å². The Kier molecular flexibility index (Phi) is 5.16. The number of hydrogen-bond acceptors (Lipinski definition) is 6. The zero-order valence-corrected chi connectivity index (χ0v) is 18.6. The Morgan fingerprint density at radius 3 is 2.48 bits per heavy atom. The Morgan fingerprint density at radius 2 is 1.82 bits per heavy atom. The maximum absolute atomic E-state index is 14.0. The molecule has 1 N–H and O–H groups in total. The Hall–Kier alpha value is -3.66. The summed E-state index contributed by atoms with van der Waals surface area (Å²) >= 11 is 1.52. The standard InChI is InChI=1S/C23H19F2N5O2S/c1-29(2)19-18-20(27-22(33-18)12-9-10-12)30(23(32)28-19)14-6-3-5-13(11-14)21(31)26-17-15(24)7-4-8-16(17)25/h3-8,11-12H,9-10H2,1-2H3,(H,26,31). The summed E-state index contributed by atoms with van der Waals surface area (Å²) in [6, 6.07) is 9.56. The van der Waals surface area contributed by atoms with Gasteiger partial charge in [0, 0.05) is 25.6 Å². The van der Waals surface area contributed by atoms with Gasteiger partial charge in [0.05, 0.1) is 10.7 Å². The molecule has 0 bridgehead atoms. The van der Waals surface area contributed by atoms with Gasteiger partial charge in [-0.3, -0.25) is 4.79 Å². The molecule has 0 aliphatic heterocycles. The van der Waals surface area contributed by atoms with Crippen LogP contribution in [0.4, 0.5) is 20.3 Å². The highest BCUT2D eigenvalue weighted by Gasteiger charge is 2.29. The van der Waals surface area contributed by atoms with Crippen molar-refractivity contribution in [3.63, 3.8) is 0 Å². The molecular formula is C23H19F2N5O2S. The molecule has 0 atom stereocenters. The van der Waals surface area contributed by atoms with Crippen molar-refractivity contribution in [1.29, 1.82) is 0 Å². The van der Waals surface area contributed by atoms with E-state index in [4.69, 9.17) is 4.98 Å². The van der Waals surface area contributed by atoms with Crippen LogP contribution < -0.4 is 15.9 Å². The van der Waals surface area contributed by atoms with Crippen LogP contribution in [0.15, 0.2) is 47.3 Å². The first-order valence-electron chi connectivity index (χ1n) is 10.3.